The minimum Gasteiger partial charge on any atom is -0.462 e. The molecule has 0 radical (unpaired) electrons. The Hall–Kier alpha value is -1.95. The Labute approximate surface area is 128 Å². The molecule has 0 saturated heterocycles. The number of ether oxygens (including phenoxy) is 1. The lowest BCUT2D eigenvalue weighted by Crippen LogP contribution is -2.08. The molecule has 0 heterocycles. The smallest absolute Gasteiger partial charge is 0.338 e. The number of hydrogen-bond donors (Lipinski definition) is 1. The Morgan fingerprint density at radius 3 is 2.71 bits per heavy atom. The Morgan fingerprint density at radius 2 is 2.10 bits per heavy atom. The lowest BCUT2D eigenvalue weighted by Gasteiger charge is -2.09. The fraction of sp³-hybridized carbons (Fsp3) is 0.429. The fourth-order valence-electron chi connectivity index (χ4n) is 1.58. The monoisotopic (exact) mass is 311 g/mol. The van der Waals surface area contributed by atoms with E-state index >= 15 is 0 Å². The molecular weight excluding hydrogens is 294 g/mol. The van der Waals surface area contributed by atoms with Gasteiger partial charge in [-0.3, -0.25) is 10.2 Å². The average Bonchev–Trinajstić information content (AvgIpc) is 2.51. The Morgan fingerprint density at radius 1 is 1.33 bits per heavy atom. The van der Waals surface area contributed by atoms with Gasteiger partial charge in [-0.05, 0) is 25.1 Å². The molecule has 0 aromatic heterocycles. The van der Waals surface area contributed by atoms with E-state index in [1.807, 2.05) is 0 Å². The molecule has 0 fully saturated rings. The molecule has 0 unspecified atom stereocenters. The third-order valence-corrected chi connectivity index (χ3v) is 2.75. The quantitative estimate of drug-likeness (QED) is 0.262. The number of rotatable bonds is 8. The summed E-state index contributed by atoms with van der Waals surface area (Å²) in [7, 11) is 0. The number of hydrogen-bond acceptors (Lipinski definition) is 5. The van der Waals surface area contributed by atoms with Gasteiger partial charge in [-0.2, -0.15) is 5.11 Å². The third-order valence-electron chi connectivity index (χ3n) is 2.58. The molecule has 0 aliphatic rings. The Bertz CT molecular complexity index is 532. The van der Waals surface area contributed by atoms with Crippen LogP contribution in [0.5, 0.6) is 0 Å². The summed E-state index contributed by atoms with van der Waals surface area (Å²) >= 11 is 5.49. The highest BCUT2D eigenvalue weighted by molar-refractivity contribution is 6.18. The maximum atomic E-state index is 12.0. The minimum absolute atomic E-state index is 0.101. The van der Waals surface area contributed by atoms with Crippen molar-refractivity contribution in [3.05, 3.63) is 29.3 Å². The van der Waals surface area contributed by atoms with Crippen molar-refractivity contribution in [3.8, 4) is 0 Å². The summed E-state index contributed by atoms with van der Waals surface area (Å²) in [5.74, 6) is -0.192. The maximum Gasteiger partial charge on any atom is 0.338 e. The van der Waals surface area contributed by atoms with Gasteiger partial charge < -0.3 is 4.74 Å². The van der Waals surface area contributed by atoms with Gasteiger partial charge in [-0.15, -0.1) is 11.6 Å². The number of ketones is 1. The van der Waals surface area contributed by atoms with E-state index in [1.165, 1.54) is 6.07 Å². The van der Waals surface area contributed by atoms with Crippen LogP contribution in [0.15, 0.2) is 28.5 Å². The van der Waals surface area contributed by atoms with Gasteiger partial charge in [0.05, 0.1) is 24.4 Å². The number of carbonyl (C=O) groups excluding carboxylic acids is 2. The second kappa shape index (κ2) is 9.07. The second-order valence-electron chi connectivity index (χ2n) is 4.02. The van der Waals surface area contributed by atoms with Crippen LogP contribution in [-0.2, 0) is 4.74 Å². The number of benzene rings is 1. The van der Waals surface area contributed by atoms with Crippen LogP contribution < -0.4 is 5.43 Å². The zero-order chi connectivity index (χ0) is 15.7. The highest BCUT2D eigenvalue weighted by Crippen LogP contribution is 2.20. The molecule has 0 aliphatic heterocycles. The summed E-state index contributed by atoms with van der Waals surface area (Å²) in [6.45, 7) is 4.14. The molecule has 7 heteroatoms. The van der Waals surface area contributed by atoms with Gasteiger partial charge in [-0.1, -0.05) is 12.1 Å². The predicted molar refractivity (Wildman–Crippen MR) is 81.1 cm³/mol. The number of nitrogens with one attached hydrogen (secondary N) is 1. The van der Waals surface area contributed by atoms with Gasteiger partial charge in [0, 0.05) is 17.9 Å². The molecule has 6 nitrogen and oxygen atoms in total. The first-order valence-corrected chi connectivity index (χ1v) is 7.20. The van der Waals surface area contributed by atoms with Crippen molar-refractivity contribution in [2.75, 3.05) is 24.5 Å². The second-order valence-corrected chi connectivity index (χ2v) is 4.40. The molecular formula is C14H18ClN3O3. The van der Waals surface area contributed by atoms with Gasteiger partial charge in [0.2, 0.25) is 0 Å². The molecule has 21 heavy (non-hydrogen) atoms. The zero-order valence-corrected chi connectivity index (χ0v) is 12.8. The van der Waals surface area contributed by atoms with Crippen LogP contribution in [0, 0.1) is 0 Å². The first-order chi connectivity index (χ1) is 10.1. The van der Waals surface area contributed by atoms with E-state index in [2.05, 4.69) is 15.8 Å². The van der Waals surface area contributed by atoms with E-state index in [4.69, 9.17) is 16.3 Å². The van der Waals surface area contributed by atoms with Crippen molar-refractivity contribution in [1.29, 1.82) is 0 Å². The van der Waals surface area contributed by atoms with Crippen LogP contribution in [-0.4, -0.2) is 30.8 Å². The summed E-state index contributed by atoms with van der Waals surface area (Å²) in [6, 6.07) is 4.68. The van der Waals surface area contributed by atoms with Gasteiger partial charge in [-0.25, -0.2) is 4.79 Å². The number of esters is 1. The zero-order valence-electron chi connectivity index (χ0n) is 12.1. The van der Waals surface area contributed by atoms with Crippen molar-refractivity contribution < 1.29 is 14.3 Å². The average molecular weight is 312 g/mol. The Balaban J connectivity index is 3.02. The summed E-state index contributed by atoms with van der Waals surface area (Å²) in [5, 5.41) is 7.52. The predicted octanol–water partition coefficient (Wildman–Crippen LogP) is 3.47. The summed E-state index contributed by atoms with van der Waals surface area (Å²) in [5.41, 5.74) is 3.89. The highest BCUT2D eigenvalue weighted by Gasteiger charge is 2.14. The van der Waals surface area contributed by atoms with Crippen molar-refractivity contribution in [2.45, 2.75) is 20.3 Å². The van der Waals surface area contributed by atoms with Crippen LogP contribution >= 0.6 is 11.6 Å². The molecule has 0 aliphatic carbocycles. The van der Waals surface area contributed by atoms with Crippen molar-refractivity contribution in [3.63, 3.8) is 0 Å². The van der Waals surface area contributed by atoms with E-state index in [0.717, 1.165) is 0 Å². The standard InChI is InChI=1S/C14H18ClN3O3/c1-3-13(19)11-9-10(14(20)21-4-2)5-6-12(11)17-18-16-8-7-15/h5-6,9H,3-4,7-8H2,1-2H3,(H,16,17). The molecule has 114 valence electrons. The SMILES string of the molecule is CCOC(=O)c1ccc(NN=NCCCl)c(C(=O)CC)c1. The lowest BCUT2D eigenvalue weighted by molar-refractivity contribution is 0.0526. The lowest BCUT2D eigenvalue weighted by atomic mass is 10.0. The van der Waals surface area contributed by atoms with Gasteiger partial charge >= 0.3 is 5.97 Å². The van der Waals surface area contributed by atoms with E-state index in [9.17, 15) is 9.59 Å². The minimum atomic E-state index is -0.460. The van der Waals surface area contributed by atoms with E-state index in [0.29, 0.717) is 35.7 Å². The first-order valence-electron chi connectivity index (χ1n) is 6.66. The van der Waals surface area contributed by atoms with Crippen LogP contribution in [0.4, 0.5) is 5.69 Å². The summed E-state index contributed by atoms with van der Waals surface area (Å²) < 4.78 is 4.92. The number of anilines is 1. The molecule has 1 N–H and O–H groups in total. The van der Waals surface area contributed by atoms with E-state index < -0.39 is 5.97 Å². The largest absolute Gasteiger partial charge is 0.462 e. The Kier molecular flexibility index (Phi) is 7.39. The van der Waals surface area contributed by atoms with E-state index in [-0.39, 0.29) is 12.4 Å². The fourth-order valence-corrected chi connectivity index (χ4v) is 1.66. The number of carbonyl (C=O) groups is 2. The van der Waals surface area contributed by atoms with Gasteiger partial charge in [0.15, 0.2) is 5.78 Å². The topological polar surface area (TPSA) is 80.1 Å². The summed E-state index contributed by atoms with van der Waals surface area (Å²) in [6.07, 6.45) is 0.319. The normalized spacial score (nSPS) is 10.6. The van der Waals surface area contributed by atoms with Crippen LogP contribution in [0.1, 0.15) is 41.0 Å². The van der Waals surface area contributed by atoms with Crippen LogP contribution in [0.3, 0.4) is 0 Å². The first kappa shape index (κ1) is 17.1. The van der Waals surface area contributed by atoms with Crippen molar-refractivity contribution >= 4 is 29.0 Å². The number of alkyl halides is 1. The third kappa shape index (κ3) is 5.15. The van der Waals surface area contributed by atoms with Crippen LogP contribution in [0.25, 0.3) is 0 Å². The maximum absolute atomic E-state index is 12.0. The molecule has 1 rings (SSSR count). The van der Waals surface area contributed by atoms with Gasteiger partial charge in [0.1, 0.15) is 0 Å². The van der Waals surface area contributed by atoms with Crippen molar-refractivity contribution in [1.82, 2.24) is 0 Å². The van der Waals surface area contributed by atoms with Gasteiger partial charge in [0.25, 0.3) is 0 Å². The highest BCUT2D eigenvalue weighted by atomic mass is 35.5. The summed E-state index contributed by atoms with van der Waals surface area (Å²) in [4.78, 5) is 23.7. The molecule has 0 spiro atoms. The van der Waals surface area contributed by atoms with E-state index in [1.54, 1.807) is 26.0 Å². The van der Waals surface area contributed by atoms with Crippen LogP contribution in [0.2, 0.25) is 0 Å². The molecule has 1 aromatic carbocycles. The molecule has 0 atom stereocenters. The number of nitrogens with zero attached hydrogens (tertiary/aromatic N) is 2. The van der Waals surface area contributed by atoms with Crippen molar-refractivity contribution in [2.24, 2.45) is 10.3 Å². The molecule has 0 amide bonds. The molecule has 1 aromatic rings. The molecule has 0 bridgehead atoms. The number of Topliss-reactive ketones (excluding diaryl/α,β-unsaturated/α-hetero) is 1. The molecule has 0 saturated carbocycles. The number of halogens is 1.